The number of hydrogen-bond acceptors (Lipinski definition) is 4. The van der Waals surface area contributed by atoms with E-state index in [-0.39, 0.29) is 5.56 Å². The number of hydrogen-bond donors (Lipinski definition) is 1. The molecule has 0 aliphatic rings. The predicted molar refractivity (Wildman–Crippen MR) is 69.3 cm³/mol. The van der Waals surface area contributed by atoms with E-state index >= 15 is 0 Å². The Morgan fingerprint density at radius 1 is 1.44 bits per heavy atom. The number of aryl methyl sites for hydroxylation is 1. The number of carboxylic acids is 1. The lowest BCUT2D eigenvalue weighted by Crippen LogP contribution is -2.02. The summed E-state index contributed by atoms with van der Waals surface area (Å²) in [6.07, 6.45) is 1.77. The van der Waals surface area contributed by atoms with Gasteiger partial charge in [-0.15, -0.1) is 11.3 Å². The van der Waals surface area contributed by atoms with E-state index in [1.54, 1.807) is 42.7 Å². The second-order valence-corrected chi connectivity index (χ2v) is 5.19. The monoisotopic (exact) mass is 263 g/mol. The van der Waals surface area contributed by atoms with Crippen molar-refractivity contribution >= 4 is 17.3 Å². The minimum atomic E-state index is -0.938. The van der Waals surface area contributed by atoms with Gasteiger partial charge in [0.15, 0.2) is 0 Å². The van der Waals surface area contributed by atoms with Crippen LogP contribution in [-0.4, -0.2) is 16.1 Å². The molecule has 0 amide bonds. The summed E-state index contributed by atoms with van der Waals surface area (Å²) in [5.41, 5.74) is 0.916. The molecule has 0 atom stereocenters. The smallest absolute Gasteiger partial charge is 0.336 e. The Morgan fingerprint density at radius 3 is 2.83 bits per heavy atom. The lowest BCUT2D eigenvalue weighted by molar-refractivity contribution is 0.0695. The molecule has 0 aliphatic heterocycles. The number of aromatic carboxylic acids is 1. The maximum absolute atomic E-state index is 11.0. The number of aromatic nitrogens is 1. The van der Waals surface area contributed by atoms with E-state index in [1.807, 2.05) is 6.92 Å². The third-order valence-electron chi connectivity index (χ3n) is 2.55. The Kier molecular flexibility index (Phi) is 3.62. The highest BCUT2D eigenvalue weighted by atomic mass is 32.1. The van der Waals surface area contributed by atoms with E-state index in [4.69, 9.17) is 9.84 Å². The average Bonchev–Trinajstić information content (AvgIpc) is 2.73. The van der Waals surface area contributed by atoms with Crippen LogP contribution in [0.15, 0.2) is 24.4 Å². The Balaban J connectivity index is 2.14. The molecule has 0 saturated carbocycles. The second-order valence-electron chi connectivity index (χ2n) is 3.87. The molecular weight excluding hydrogens is 250 g/mol. The molecule has 18 heavy (non-hydrogen) atoms. The Hall–Kier alpha value is -1.88. The van der Waals surface area contributed by atoms with Gasteiger partial charge < -0.3 is 9.84 Å². The van der Waals surface area contributed by atoms with Crippen LogP contribution in [0.2, 0.25) is 0 Å². The van der Waals surface area contributed by atoms with E-state index in [9.17, 15) is 4.79 Å². The van der Waals surface area contributed by atoms with Crippen molar-refractivity contribution in [2.75, 3.05) is 0 Å². The Morgan fingerprint density at radius 2 is 2.22 bits per heavy atom. The lowest BCUT2D eigenvalue weighted by Gasteiger charge is -2.09. The van der Waals surface area contributed by atoms with Gasteiger partial charge >= 0.3 is 5.97 Å². The normalized spacial score (nSPS) is 10.3. The van der Waals surface area contributed by atoms with Crippen LogP contribution in [0.5, 0.6) is 5.75 Å². The summed E-state index contributed by atoms with van der Waals surface area (Å²) >= 11 is 1.57. The van der Waals surface area contributed by atoms with Crippen molar-refractivity contribution in [2.45, 2.75) is 20.5 Å². The summed E-state index contributed by atoms with van der Waals surface area (Å²) in [6, 6.07) is 5.03. The molecule has 1 aromatic heterocycles. The fraction of sp³-hybridized carbons (Fsp3) is 0.231. The Labute approximate surface area is 109 Å². The first-order valence-electron chi connectivity index (χ1n) is 5.45. The van der Waals surface area contributed by atoms with Crippen LogP contribution in [0, 0.1) is 13.8 Å². The van der Waals surface area contributed by atoms with Crippen molar-refractivity contribution in [3.8, 4) is 5.75 Å². The predicted octanol–water partition coefficient (Wildman–Crippen LogP) is 3.04. The largest absolute Gasteiger partial charge is 0.488 e. The SMILES string of the molecule is Cc1ncc(COc2cccc(C(=O)O)c2C)s1. The van der Waals surface area contributed by atoms with Gasteiger partial charge in [-0.05, 0) is 26.0 Å². The highest BCUT2D eigenvalue weighted by Crippen LogP contribution is 2.23. The van der Waals surface area contributed by atoms with Gasteiger partial charge in [0.1, 0.15) is 12.4 Å². The maximum atomic E-state index is 11.0. The lowest BCUT2D eigenvalue weighted by atomic mass is 10.1. The second kappa shape index (κ2) is 5.18. The zero-order valence-electron chi connectivity index (χ0n) is 10.1. The van der Waals surface area contributed by atoms with E-state index in [0.29, 0.717) is 17.9 Å². The number of ether oxygens (including phenoxy) is 1. The summed E-state index contributed by atoms with van der Waals surface area (Å²) in [7, 11) is 0. The molecule has 0 bridgehead atoms. The standard InChI is InChI=1S/C13H13NO3S/c1-8-11(13(15)16)4-3-5-12(8)17-7-10-6-14-9(2)18-10/h3-6H,7H2,1-2H3,(H,15,16). The van der Waals surface area contributed by atoms with Crippen LogP contribution in [0.4, 0.5) is 0 Å². The van der Waals surface area contributed by atoms with Crippen molar-refractivity contribution in [2.24, 2.45) is 0 Å². The Bertz CT molecular complexity index is 577. The maximum Gasteiger partial charge on any atom is 0.336 e. The number of nitrogens with zero attached hydrogens (tertiary/aromatic N) is 1. The number of rotatable bonds is 4. The molecule has 0 radical (unpaired) electrons. The van der Waals surface area contributed by atoms with Gasteiger partial charge in [-0.1, -0.05) is 6.07 Å². The van der Waals surface area contributed by atoms with Crippen LogP contribution in [-0.2, 0) is 6.61 Å². The van der Waals surface area contributed by atoms with Crippen molar-refractivity contribution in [3.05, 3.63) is 45.4 Å². The first-order chi connectivity index (χ1) is 8.58. The van der Waals surface area contributed by atoms with Crippen LogP contribution in [0.25, 0.3) is 0 Å². The molecule has 2 rings (SSSR count). The molecule has 1 aromatic carbocycles. The van der Waals surface area contributed by atoms with E-state index in [0.717, 1.165) is 9.88 Å². The van der Waals surface area contributed by atoms with Gasteiger partial charge in [-0.2, -0.15) is 0 Å². The highest BCUT2D eigenvalue weighted by molar-refractivity contribution is 7.11. The van der Waals surface area contributed by atoms with Gasteiger partial charge in [0, 0.05) is 11.8 Å². The fourth-order valence-electron chi connectivity index (χ4n) is 1.62. The highest BCUT2D eigenvalue weighted by Gasteiger charge is 2.11. The molecule has 0 saturated heterocycles. The molecule has 1 heterocycles. The van der Waals surface area contributed by atoms with E-state index < -0.39 is 5.97 Å². The van der Waals surface area contributed by atoms with Crippen molar-refractivity contribution < 1.29 is 14.6 Å². The molecular formula is C13H13NO3S. The van der Waals surface area contributed by atoms with Crippen molar-refractivity contribution in [3.63, 3.8) is 0 Å². The summed E-state index contributed by atoms with van der Waals surface area (Å²) in [4.78, 5) is 16.2. The molecule has 0 spiro atoms. The van der Waals surface area contributed by atoms with Gasteiger partial charge in [-0.3, -0.25) is 0 Å². The number of benzene rings is 1. The van der Waals surface area contributed by atoms with Crippen LogP contribution in [0.1, 0.15) is 25.8 Å². The third-order valence-corrected chi connectivity index (χ3v) is 3.44. The molecule has 0 aliphatic carbocycles. The minimum absolute atomic E-state index is 0.271. The summed E-state index contributed by atoms with van der Waals surface area (Å²) < 4.78 is 5.63. The first-order valence-corrected chi connectivity index (χ1v) is 6.26. The van der Waals surface area contributed by atoms with Gasteiger partial charge in [-0.25, -0.2) is 9.78 Å². The summed E-state index contributed by atoms with van der Waals surface area (Å²) in [5, 5.41) is 10.0. The van der Waals surface area contributed by atoms with Crippen molar-refractivity contribution in [1.29, 1.82) is 0 Å². The van der Waals surface area contributed by atoms with E-state index in [2.05, 4.69) is 4.98 Å². The molecule has 0 unspecified atom stereocenters. The number of carboxylic acid groups (broad SMARTS) is 1. The molecule has 0 fully saturated rings. The third kappa shape index (κ3) is 2.68. The topological polar surface area (TPSA) is 59.4 Å². The van der Waals surface area contributed by atoms with Gasteiger partial charge in [0.25, 0.3) is 0 Å². The molecule has 2 aromatic rings. The van der Waals surface area contributed by atoms with Crippen LogP contribution in [0.3, 0.4) is 0 Å². The van der Waals surface area contributed by atoms with E-state index in [1.165, 1.54) is 0 Å². The van der Waals surface area contributed by atoms with Crippen LogP contribution < -0.4 is 4.74 Å². The molecule has 1 N–H and O–H groups in total. The van der Waals surface area contributed by atoms with Gasteiger partial charge in [0.05, 0.1) is 15.4 Å². The molecule has 5 heteroatoms. The minimum Gasteiger partial charge on any atom is -0.488 e. The van der Waals surface area contributed by atoms with Crippen molar-refractivity contribution in [1.82, 2.24) is 4.98 Å². The number of carbonyl (C=O) groups is 1. The first kappa shape index (κ1) is 12.6. The quantitative estimate of drug-likeness (QED) is 0.921. The molecule has 4 nitrogen and oxygen atoms in total. The fourth-order valence-corrected chi connectivity index (χ4v) is 2.33. The van der Waals surface area contributed by atoms with Crippen LogP contribution >= 0.6 is 11.3 Å². The zero-order valence-corrected chi connectivity index (χ0v) is 11.0. The molecule has 94 valence electrons. The average molecular weight is 263 g/mol. The van der Waals surface area contributed by atoms with Gasteiger partial charge in [0.2, 0.25) is 0 Å². The summed E-state index contributed by atoms with van der Waals surface area (Å²) in [6.45, 7) is 4.09. The number of thiazole rings is 1. The zero-order chi connectivity index (χ0) is 13.1. The summed E-state index contributed by atoms with van der Waals surface area (Å²) in [5.74, 6) is -0.340.